The Bertz CT molecular complexity index is 359. The number of aromatic hydroxyl groups is 1. The third-order valence-corrected chi connectivity index (χ3v) is 3.37. The third kappa shape index (κ3) is 3.70. The molecule has 1 aromatic carbocycles. The Balaban J connectivity index is 1.95. The average molecular weight is 237 g/mol. The molecule has 1 heterocycles. The zero-order chi connectivity index (χ0) is 12.1. The van der Waals surface area contributed by atoms with Crippen molar-refractivity contribution in [1.29, 1.82) is 0 Å². The predicted molar refractivity (Wildman–Crippen MR) is 66.4 cm³/mol. The number of halogens is 1. The summed E-state index contributed by atoms with van der Waals surface area (Å²) in [7, 11) is 0. The highest BCUT2D eigenvalue weighted by Crippen LogP contribution is 2.18. The van der Waals surface area contributed by atoms with Crippen molar-refractivity contribution in [2.45, 2.75) is 38.6 Å². The summed E-state index contributed by atoms with van der Waals surface area (Å²) in [5, 5.41) is 9.14. The summed E-state index contributed by atoms with van der Waals surface area (Å²) in [5.41, 5.74) is 0.945. The molecule has 0 bridgehead atoms. The number of phenolic OH excluding ortho intramolecular Hbond substituents is 1. The molecule has 0 aliphatic carbocycles. The maximum atomic E-state index is 13.2. The van der Waals surface area contributed by atoms with Crippen LogP contribution in [0.5, 0.6) is 5.75 Å². The van der Waals surface area contributed by atoms with E-state index in [1.165, 1.54) is 44.2 Å². The summed E-state index contributed by atoms with van der Waals surface area (Å²) in [5.74, 6) is -0.782. The molecular weight excluding hydrogens is 217 g/mol. The van der Waals surface area contributed by atoms with Crippen LogP contribution in [0.1, 0.15) is 37.7 Å². The molecular formula is C14H20FNO. The minimum Gasteiger partial charge on any atom is -0.505 e. The van der Waals surface area contributed by atoms with Crippen LogP contribution in [0.4, 0.5) is 4.39 Å². The first-order valence-electron chi connectivity index (χ1n) is 6.45. The molecule has 0 saturated carbocycles. The Kier molecular flexibility index (Phi) is 4.37. The van der Waals surface area contributed by atoms with E-state index in [0.29, 0.717) is 0 Å². The number of hydrogen-bond acceptors (Lipinski definition) is 2. The molecule has 94 valence electrons. The Labute approximate surface area is 102 Å². The van der Waals surface area contributed by atoms with Crippen molar-refractivity contribution in [3.05, 3.63) is 29.6 Å². The fourth-order valence-corrected chi connectivity index (χ4v) is 2.38. The van der Waals surface area contributed by atoms with Crippen molar-refractivity contribution in [2.75, 3.05) is 13.1 Å². The standard InChI is InChI=1S/C14H20FNO/c15-13-10-12(6-7-14(13)17)11-16-8-4-2-1-3-5-9-16/h6-7,10,17H,1-5,8-9,11H2. The number of phenols is 1. The fourth-order valence-electron chi connectivity index (χ4n) is 2.38. The second-order valence-corrected chi connectivity index (χ2v) is 4.83. The van der Waals surface area contributed by atoms with Gasteiger partial charge < -0.3 is 5.11 Å². The van der Waals surface area contributed by atoms with Crippen LogP contribution in [0.2, 0.25) is 0 Å². The highest BCUT2D eigenvalue weighted by molar-refractivity contribution is 5.27. The smallest absolute Gasteiger partial charge is 0.165 e. The Morgan fingerprint density at radius 2 is 1.71 bits per heavy atom. The van der Waals surface area contributed by atoms with Gasteiger partial charge in [0.1, 0.15) is 0 Å². The van der Waals surface area contributed by atoms with E-state index in [0.717, 1.165) is 25.2 Å². The fraction of sp³-hybridized carbons (Fsp3) is 0.571. The topological polar surface area (TPSA) is 23.5 Å². The average Bonchev–Trinajstić information content (AvgIpc) is 2.27. The van der Waals surface area contributed by atoms with E-state index in [2.05, 4.69) is 4.90 Å². The lowest BCUT2D eigenvalue weighted by Gasteiger charge is -2.24. The van der Waals surface area contributed by atoms with E-state index in [1.807, 2.05) is 0 Å². The van der Waals surface area contributed by atoms with Gasteiger partial charge in [0.25, 0.3) is 0 Å². The monoisotopic (exact) mass is 237 g/mol. The molecule has 1 fully saturated rings. The van der Waals surface area contributed by atoms with Gasteiger partial charge in [0.05, 0.1) is 0 Å². The van der Waals surface area contributed by atoms with Crippen LogP contribution in [-0.2, 0) is 6.54 Å². The maximum absolute atomic E-state index is 13.2. The van der Waals surface area contributed by atoms with E-state index >= 15 is 0 Å². The maximum Gasteiger partial charge on any atom is 0.165 e. The zero-order valence-corrected chi connectivity index (χ0v) is 10.2. The number of nitrogens with zero attached hydrogens (tertiary/aromatic N) is 1. The second-order valence-electron chi connectivity index (χ2n) is 4.83. The molecule has 0 amide bonds. The van der Waals surface area contributed by atoms with Gasteiger partial charge in [-0.05, 0) is 43.6 Å². The van der Waals surface area contributed by atoms with Crippen molar-refractivity contribution in [3.63, 3.8) is 0 Å². The van der Waals surface area contributed by atoms with Gasteiger partial charge in [0, 0.05) is 6.54 Å². The number of likely N-dealkylation sites (tertiary alicyclic amines) is 1. The first-order valence-corrected chi connectivity index (χ1v) is 6.45. The van der Waals surface area contributed by atoms with Gasteiger partial charge in [-0.25, -0.2) is 4.39 Å². The van der Waals surface area contributed by atoms with Crippen LogP contribution < -0.4 is 0 Å². The third-order valence-electron chi connectivity index (χ3n) is 3.37. The predicted octanol–water partition coefficient (Wildman–Crippen LogP) is 3.30. The molecule has 1 aliphatic heterocycles. The normalized spacial score (nSPS) is 18.6. The van der Waals surface area contributed by atoms with Gasteiger partial charge in [-0.3, -0.25) is 4.90 Å². The van der Waals surface area contributed by atoms with Gasteiger partial charge in [-0.1, -0.05) is 25.3 Å². The highest BCUT2D eigenvalue weighted by Gasteiger charge is 2.10. The lowest BCUT2D eigenvalue weighted by molar-refractivity contribution is 0.239. The molecule has 0 atom stereocenters. The first-order chi connectivity index (χ1) is 8.25. The van der Waals surface area contributed by atoms with Crippen LogP contribution >= 0.6 is 0 Å². The highest BCUT2D eigenvalue weighted by atomic mass is 19.1. The van der Waals surface area contributed by atoms with Gasteiger partial charge in [-0.2, -0.15) is 0 Å². The molecule has 1 aliphatic rings. The van der Waals surface area contributed by atoms with Gasteiger partial charge >= 0.3 is 0 Å². The minimum absolute atomic E-state index is 0.263. The second kappa shape index (κ2) is 6.01. The van der Waals surface area contributed by atoms with Crippen LogP contribution in [0.15, 0.2) is 18.2 Å². The molecule has 2 nitrogen and oxygen atoms in total. The van der Waals surface area contributed by atoms with Crippen molar-refractivity contribution in [2.24, 2.45) is 0 Å². The van der Waals surface area contributed by atoms with Crippen molar-refractivity contribution in [3.8, 4) is 5.75 Å². The largest absolute Gasteiger partial charge is 0.505 e. The van der Waals surface area contributed by atoms with Crippen LogP contribution in [0.25, 0.3) is 0 Å². The Hall–Kier alpha value is -1.09. The van der Waals surface area contributed by atoms with Crippen molar-refractivity contribution in [1.82, 2.24) is 4.90 Å². The summed E-state index contributed by atoms with van der Waals surface area (Å²) in [6.45, 7) is 2.99. The van der Waals surface area contributed by atoms with Crippen LogP contribution in [0.3, 0.4) is 0 Å². The van der Waals surface area contributed by atoms with Crippen LogP contribution in [-0.4, -0.2) is 23.1 Å². The van der Waals surface area contributed by atoms with Crippen molar-refractivity contribution < 1.29 is 9.50 Å². The Morgan fingerprint density at radius 1 is 1.06 bits per heavy atom. The van der Waals surface area contributed by atoms with Crippen LogP contribution in [0, 0.1) is 5.82 Å². The molecule has 0 radical (unpaired) electrons. The number of hydrogen-bond donors (Lipinski definition) is 1. The molecule has 2 rings (SSSR count). The summed E-state index contributed by atoms with van der Waals surface area (Å²) in [4.78, 5) is 2.38. The molecule has 0 spiro atoms. The molecule has 1 aromatic rings. The van der Waals surface area contributed by atoms with Gasteiger partial charge in [-0.15, -0.1) is 0 Å². The van der Waals surface area contributed by atoms with E-state index in [-0.39, 0.29) is 5.75 Å². The Morgan fingerprint density at radius 3 is 2.35 bits per heavy atom. The van der Waals surface area contributed by atoms with Gasteiger partial charge in [0.15, 0.2) is 11.6 Å². The summed E-state index contributed by atoms with van der Waals surface area (Å²) < 4.78 is 13.2. The molecule has 0 aromatic heterocycles. The summed E-state index contributed by atoms with van der Waals surface area (Å²) >= 11 is 0. The quantitative estimate of drug-likeness (QED) is 0.853. The molecule has 17 heavy (non-hydrogen) atoms. The van der Waals surface area contributed by atoms with Crippen molar-refractivity contribution >= 4 is 0 Å². The first kappa shape index (κ1) is 12.4. The van der Waals surface area contributed by atoms with E-state index in [9.17, 15) is 4.39 Å². The summed E-state index contributed by atoms with van der Waals surface area (Å²) in [6.07, 6.45) is 6.43. The van der Waals surface area contributed by atoms with E-state index < -0.39 is 5.82 Å². The summed E-state index contributed by atoms with van der Waals surface area (Å²) in [6, 6.07) is 4.68. The van der Waals surface area contributed by atoms with E-state index in [1.54, 1.807) is 6.07 Å². The molecule has 1 N–H and O–H groups in total. The van der Waals surface area contributed by atoms with E-state index in [4.69, 9.17) is 5.11 Å². The number of rotatable bonds is 2. The number of benzene rings is 1. The zero-order valence-electron chi connectivity index (χ0n) is 10.2. The molecule has 3 heteroatoms. The minimum atomic E-state index is -0.519. The van der Waals surface area contributed by atoms with Gasteiger partial charge in [0.2, 0.25) is 0 Å². The lowest BCUT2D eigenvalue weighted by atomic mass is 10.1. The molecule has 0 unspecified atom stereocenters. The molecule has 1 saturated heterocycles. The lowest BCUT2D eigenvalue weighted by Crippen LogP contribution is -2.26. The SMILES string of the molecule is Oc1ccc(CN2CCCCCCC2)cc1F.